The molecule has 15 heavy (non-hydrogen) atoms. The molecule has 1 N–H and O–H groups in total. The van der Waals surface area contributed by atoms with Crippen molar-refractivity contribution in [2.24, 2.45) is 5.92 Å². The van der Waals surface area contributed by atoms with E-state index in [4.69, 9.17) is 0 Å². The molecule has 1 aliphatic rings. The molecule has 2 nitrogen and oxygen atoms in total. The predicted octanol–water partition coefficient (Wildman–Crippen LogP) is 2.98. The highest BCUT2D eigenvalue weighted by molar-refractivity contribution is 5.91. The number of nitrogens with one attached hydrogen (secondary N) is 1. The largest absolute Gasteiger partial charge is 0.326 e. The second-order valence-electron chi connectivity index (χ2n) is 3.88. The lowest BCUT2D eigenvalue weighted by Gasteiger charge is -2.01. The molecule has 1 aliphatic carbocycles. The fraction of sp³-hybridized carbons (Fsp3) is 0.308. The molecule has 1 aromatic carbocycles. The summed E-state index contributed by atoms with van der Waals surface area (Å²) in [6.45, 7) is 0. The minimum absolute atomic E-state index is 0.0538. The molecule has 0 saturated heterocycles. The van der Waals surface area contributed by atoms with Gasteiger partial charge in [0.2, 0.25) is 5.91 Å². The molecule has 1 amide bonds. The predicted molar refractivity (Wildman–Crippen MR) is 61.6 cm³/mol. The number of benzene rings is 1. The van der Waals surface area contributed by atoms with E-state index in [1.807, 2.05) is 36.4 Å². The highest BCUT2D eigenvalue weighted by Crippen LogP contribution is 2.30. The van der Waals surface area contributed by atoms with E-state index >= 15 is 0 Å². The third-order valence-electron chi connectivity index (χ3n) is 2.39. The van der Waals surface area contributed by atoms with Crippen LogP contribution in [0, 0.1) is 5.92 Å². The first-order valence-corrected chi connectivity index (χ1v) is 5.36. The molecule has 1 aromatic rings. The van der Waals surface area contributed by atoms with Crippen molar-refractivity contribution in [2.75, 3.05) is 5.32 Å². The van der Waals surface area contributed by atoms with E-state index in [1.165, 1.54) is 12.8 Å². The molecule has 0 heterocycles. The fourth-order valence-electron chi connectivity index (χ4n) is 1.39. The number of para-hydroxylation sites is 1. The normalized spacial score (nSPS) is 15.5. The van der Waals surface area contributed by atoms with Crippen LogP contribution < -0.4 is 5.32 Å². The fourth-order valence-corrected chi connectivity index (χ4v) is 1.39. The van der Waals surface area contributed by atoms with Crippen LogP contribution in [0.3, 0.4) is 0 Å². The quantitative estimate of drug-likeness (QED) is 0.745. The number of rotatable bonds is 4. The van der Waals surface area contributed by atoms with Gasteiger partial charge in [0.1, 0.15) is 0 Å². The van der Waals surface area contributed by atoms with Gasteiger partial charge in [-0.05, 0) is 30.9 Å². The highest BCUT2D eigenvalue weighted by Gasteiger charge is 2.16. The molecule has 2 rings (SSSR count). The van der Waals surface area contributed by atoms with Crippen LogP contribution >= 0.6 is 0 Å². The number of amides is 1. The number of carbonyl (C=O) groups excluding carboxylic acids is 1. The Morgan fingerprint density at radius 3 is 2.73 bits per heavy atom. The Morgan fingerprint density at radius 2 is 2.07 bits per heavy atom. The van der Waals surface area contributed by atoms with Crippen LogP contribution in [0.15, 0.2) is 42.5 Å². The van der Waals surface area contributed by atoms with Crippen molar-refractivity contribution < 1.29 is 4.79 Å². The van der Waals surface area contributed by atoms with E-state index in [-0.39, 0.29) is 5.91 Å². The lowest BCUT2D eigenvalue weighted by atomic mass is 10.3. The van der Waals surface area contributed by atoms with Crippen molar-refractivity contribution in [2.45, 2.75) is 19.3 Å². The van der Waals surface area contributed by atoms with Gasteiger partial charge in [-0.1, -0.05) is 30.4 Å². The van der Waals surface area contributed by atoms with Crippen LogP contribution in [0.5, 0.6) is 0 Å². The van der Waals surface area contributed by atoms with Crippen LogP contribution in [-0.2, 0) is 4.79 Å². The summed E-state index contributed by atoms with van der Waals surface area (Å²) >= 11 is 0. The average Bonchev–Trinajstić information content (AvgIpc) is 3.03. The van der Waals surface area contributed by atoms with Crippen LogP contribution in [0.25, 0.3) is 0 Å². The molecule has 1 saturated carbocycles. The average molecular weight is 201 g/mol. The highest BCUT2D eigenvalue weighted by atomic mass is 16.1. The summed E-state index contributed by atoms with van der Waals surface area (Å²) in [5.41, 5.74) is 0.863. The van der Waals surface area contributed by atoms with Gasteiger partial charge in [0.15, 0.2) is 0 Å². The minimum Gasteiger partial charge on any atom is -0.326 e. The number of allylic oxidation sites excluding steroid dienone is 1. The smallest absolute Gasteiger partial charge is 0.228 e. The standard InChI is InChI=1S/C13H15NO/c15-13(8-4-5-11-9-10-11)14-12-6-2-1-3-7-12/h1-7,11H,8-10H2,(H,14,15)/b5-4+. The van der Waals surface area contributed by atoms with E-state index in [0.717, 1.165) is 11.6 Å². The maximum Gasteiger partial charge on any atom is 0.228 e. The number of hydrogen-bond donors (Lipinski definition) is 1. The van der Waals surface area contributed by atoms with Gasteiger partial charge in [-0.15, -0.1) is 0 Å². The van der Waals surface area contributed by atoms with Gasteiger partial charge >= 0.3 is 0 Å². The Hall–Kier alpha value is -1.57. The van der Waals surface area contributed by atoms with Gasteiger partial charge in [-0.3, -0.25) is 4.79 Å². The Labute approximate surface area is 90.0 Å². The monoisotopic (exact) mass is 201 g/mol. The van der Waals surface area contributed by atoms with E-state index in [9.17, 15) is 4.79 Å². The zero-order valence-electron chi connectivity index (χ0n) is 8.65. The Morgan fingerprint density at radius 1 is 1.33 bits per heavy atom. The van der Waals surface area contributed by atoms with E-state index in [0.29, 0.717) is 6.42 Å². The molecule has 0 aromatic heterocycles. The SMILES string of the molecule is O=C(C/C=C/C1CC1)Nc1ccccc1. The first kappa shape index (κ1) is 9.97. The summed E-state index contributed by atoms with van der Waals surface area (Å²) < 4.78 is 0. The van der Waals surface area contributed by atoms with Crippen molar-refractivity contribution in [3.63, 3.8) is 0 Å². The van der Waals surface area contributed by atoms with Crippen LogP contribution in [0.1, 0.15) is 19.3 Å². The molecule has 2 heteroatoms. The Bertz CT molecular complexity index is 352. The summed E-state index contributed by atoms with van der Waals surface area (Å²) in [4.78, 5) is 11.5. The zero-order chi connectivity index (χ0) is 10.5. The molecule has 0 aliphatic heterocycles. The topological polar surface area (TPSA) is 29.1 Å². The Kier molecular flexibility index (Phi) is 3.18. The molecule has 0 atom stereocenters. The third-order valence-corrected chi connectivity index (χ3v) is 2.39. The molecular formula is C13H15NO. The first-order valence-electron chi connectivity index (χ1n) is 5.36. The molecule has 0 bridgehead atoms. The Balaban J connectivity index is 1.76. The van der Waals surface area contributed by atoms with Crippen LogP contribution in [0.2, 0.25) is 0 Å². The zero-order valence-corrected chi connectivity index (χ0v) is 8.65. The van der Waals surface area contributed by atoms with Gasteiger partial charge < -0.3 is 5.32 Å². The van der Waals surface area contributed by atoms with Crippen molar-refractivity contribution in [1.29, 1.82) is 0 Å². The summed E-state index contributed by atoms with van der Waals surface area (Å²) in [6.07, 6.45) is 7.17. The van der Waals surface area contributed by atoms with Crippen molar-refractivity contribution in [3.8, 4) is 0 Å². The van der Waals surface area contributed by atoms with Gasteiger partial charge in [0.05, 0.1) is 0 Å². The van der Waals surface area contributed by atoms with Crippen molar-refractivity contribution in [1.82, 2.24) is 0 Å². The van der Waals surface area contributed by atoms with E-state index in [1.54, 1.807) is 0 Å². The van der Waals surface area contributed by atoms with E-state index in [2.05, 4.69) is 11.4 Å². The minimum atomic E-state index is 0.0538. The van der Waals surface area contributed by atoms with Gasteiger partial charge in [-0.25, -0.2) is 0 Å². The number of anilines is 1. The molecule has 78 valence electrons. The van der Waals surface area contributed by atoms with Crippen molar-refractivity contribution in [3.05, 3.63) is 42.5 Å². The van der Waals surface area contributed by atoms with Gasteiger partial charge in [0, 0.05) is 12.1 Å². The van der Waals surface area contributed by atoms with Crippen molar-refractivity contribution >= 4 is 11.6 Å². The summed E-state index contributed by atoms with van der Waals surface area (Å²) in [6, 6.07) is 9.54. The van der Waals surface area contributed by atoms with Gasteiger partial charge in [0.25, 0.3) is 0 Å². The molecule has 0 unspecified atom stereocenters. The van der Waals surface area contributed by atoms with Crippen LogP contribution in [-0.4, -0.2) is 5.91 Å². The van der Waals surface area contributed by atoms with E-state index < -0.39 is 0 Å². The number of carbonyl (C=O) groups is 1. The summed E-state index contributed by atoms with van der Waals surface area (Å²) in [7, 11) is 0. The maximum atomic E-state index is 11.5. The third kappa shape index (κ3) is 3.58. The van der Waals surface area contributed by atoms with Crippen LogP contribution in [0.4, 0.5) is 5.69 Å². The molecule has 0 radical (unpaired) electrons. The maximum absolute atomic E-state index is 11.5. The first-order chi connectivity index (χ1) is 7.34. The molecule has 0 spiro atoms. The summed E-state index contributed by atoms with van der Waals surface area (Å²) in [5, 5.41) is 2.85. The summed E-state index contributed by atoms with van der Waals surface area (Å²) in [5.74, 6) is 0.799. The molecule has 1 fully saturated rings. The second-order valence-corrected chi connectivity index (χ2v) is 3.88. The lowest BCUT2D eigenvalue weighted by Crippen LogP contribution is -2.09. The van der Waals surface area contributed by atoms with Gasteiger partial charge in [-0.2, -0.15) is 0 Å². The lowest BCUT2D eigenvalue weighted by molar-refractivity contribution is -0.115. The number of hydrogen-bond acceptors (Lipinski definition) is 1. The second kappa shape index (κ2) is 4.78. The molecular weight excluding hydrogens is 186 g/mol.